The number of nitriles is 1. The third-order valence-electron chi connectivity index (χ3n) is 2.35. The topological polar surface area (TPSA) is 39.9 Å². The third-order valence-corrected chi connectivity index (χ3v) is 2.35. The molecule has 3 nitrogen and oxygen atoms in total. The van der Waals surface area contributed by atoms with Crippen LogP contribution in [0.2, 0.25) is 0 Å². The van der Waals surface area contributed by atoms with Gasteiger partial charge >= 0.3 is 0 Å². The Morgan fingerprint density at radius 2 is 2.20 bits per heavy atom. The van der Waals surface area contributed by atoms with E-state index in [-0.39, 0.29) is 0 Å². The quantitative estimate of drug-likeness (QED) is 0.754. The van der Waals surface area contributed by atoms with Gasteiger partial charge in [0.1, 0.15) is 11.8 Å². The van der Waals surface area contributed by atoms with Gasteiger partial charge in [0.25, 0.3) is 0 Å². The summed E-state index contributed by atoms with van der Waals surface area (Å²) in [5.74, 6) is 0.707. The Morgan fingerprint density at radius 1 is 1.47 bits per heavy atom. The van der Waals surface area contributed by atoms with Crippen molar-refractivity contribution < 1.29 is 0 Å². The Hall–Kier alpha value is -1.56. The van der Waals surface area contributed by atoms with Crippen molar-refractivity contribution in [3.05, 3.63) is 24.0 Å². The van der Waals surface area contributed by atoms with Crippen molar-refractivity contribution in [2.45, 2.75) is 20.3 Å². The zero-order valence-corrected chi connectivity index (χ0v) is 9.57. The van der Waals surface area contributed by atoms with E-state index in [4.69, 9.17) is 5.26 Å². The predicted molar refractivity (Wildman–Crippen MR) is 61.7 cm³/mol. The van der Waals surface area contributed by atoms with Crippen molar-refractivity contribution >= 4 is 5.69 Å². The first kappa shape index (κ1) is 11.5. The van der Waals surface area contributed by atoms with Crippen LogP contribution in [-0.4, -0.2) is 18.6 Å². The molecule has 0 unspecified atom stereocenters. The molecule has 0 spiro atoms. The van der Waals surface area contributed by atoms with Gasteiger partial charge in [-0.05, 0) is 24.5 Å². The maximum Gasteiger partial charge on any atom is 0.140 e. The molecule has 0 bridgehead atoms. The lowest BCUT2D eigenvalue weighted by atomic mass is 10.1. The first-order valence-electron chi connectivity index (χ1n) is 5.20. The molecule has 0 N–H and O–H groups in total. The van der Waals surface area contributed by atoms with Crippen LogP contribution < -0.4 is 4.90 Å². The molecule has 0 fully saturated rings. The molecule has 1 rings (SSSR count). The summed E-state index contributed by atoms with van der Waals surface area (Å²) >= 11 is 0. The van der Waals surface area contributed by atoms with E-state index in [1.165, 1.54) is 0 Å². The lowest BCUT2D eigenvalue weighted by Gasteiger charge is -2.19. The predicted octanol–water partition coefficient (Wildman–Crippen LogP) is 2.44. The first-order chi connectivity index (χ1) is 7.13. The van der Waals surface area contributed by atoms with E-state index >= 15 is 0 Å². The summed E-state index contributed by atoms with van der Waals surface area (Å²) in [7, 11) is 2.05. The molecule has 0 aliphatic heterocycles. The molecule has 1 heterocycles. The lowest BCUT2D eigenvalue weighted by molar-refractivity contribution is 0.585. The third kappa shape index (κ3) is 3.59. The summed E-state index contributed by atoms with van der Waals surface area (Å²) in [5.41, 5.74) is 1.53. The minimum Gasteiger partial charge on any atom is -0.373 e. The van der Waals surface area contributed by atoms with Gasteiger partial charge in [0, 0.05) is 13.6 Å². The van der Waals surface area contributed by atoms with Crippen LogP contribution in [0.4, 0.5) is 5.69 Å². The van der Waals surface area contributed by atoms with E-state index in [0.717, 1.165) is 18.7 Å². The molecule has 0 aliphatic carbocycles. The number of rotatable bonds is 4. The normalized spacial score (nSPS) is 10.1. The van der Waals surface area contributed by atoms with Crippen LogP contribution >= 0.6 is 0 Å². The van der Waals surface area contributed by atoms with Crippen LogP contribution in [0.3, 0.4) is 0 Å². The summed E-state index contributed by atoms with van der Waals surface area (Å²) in [6, 6.07) is 5.70. The molecule has 0 radical (unpaired) electrons. The highest BCUT2D eigenvalue weighted by molar-refractivity contribution is 5.44. The maximum absolute atomic E-state index is 8.62. The average molecular weight is 203 g/mol. The summed E-state index contributed by atoms with van der Waals surface area (Å²) < 4.78 is 0. The maximum atomic E-state index is 8.62. The summed E-state index contributed by atoms with van der Waals surface area (Å²) in [6.45, 7) is 5.45. The van der Waals surface area contributed by atoms with Crippen LogP contribution in [0.5, 0.6) is 0 Å². The van der Waals surface area contributed by atoms with E-state index < -0.39 is 0 Å². The van der Waals surface area contributed by atoms with Crippen LogP contribution in [0.25, 0.3) is 0 Å². The van der Waals surface area contributed by atoms with E-state index in [9.17, 15) is 0 Å². The molecule has 15 heavy (non-hydrogen) atoms. The van der Waals surface area contributed by atoms with Crippen LogP contribution in [-0.2, 0) is 0 Å². The molecular weight excluding hydrogens is 186 g/mol. The number of aromatic nitrogens is 1. The Balaban J connectivity index is 2.58. The standard InChI is InChI=1S/C12H17N3/c1-10(2)6-7-15(3)12-5-4-11(8-13)14-9-12/h4-5,9-10H,6-7H2,1-3H3. The van der Waals surface area contributed by atoms with E-state index in [2.05, 4.69) is 23.7 Å². The summed E-state index contributed by atoms with van der Waals surface area (Å²) in [4.78, 5) is 6.20. The number of nitrogens with zero attached hydrogens (tertiary/aromatic N) is 3. The fourth-order valence-electron chi connectivity index (χ4n) is 1.26. The van der Waals surface area contributed by atoms with Crippen molar-refractivity contribution in [2.75, 3.05) is 18.5 Å². The minimum absolute atomic E-state index is 0.469. The number of hydrogen-bond donors (Lipinski definition) is 0. The second kappa shape index (κ2) is 5.35. The average Bonchev–Trinajstić information content (AvgIpc) is 2.26. The Kier molecular flexibility index (Phi) is 4.11. The van der Waals surface area contributed by atoms with Gasteiger partial charge < -0.3 is 4.90 Å². The van der Waals surface area contributed by atoms with Crippen molar-refractivity contribution in [3.63, 3.8) is 0 Å². The van der Waals surface area contributed by atoms with Gasteiger partial charge in [0.2, 0.25) is 0 Å². The zero-order valence-electron chi connectivity index (χ0n) is 9.57. The van der Waals surface area contributed by atoms with Gasteiger partial charge in [0.05, 0.1) is 11.9 Å². The van der Waals surface area contributed by atoms with Crippen LogP contribution in [0.15, 0.2) is 18.3 Å². The van der Waals surface area contributed by atoms with Crippen molar-refractivity contribution in [1.82, 2.24) is 4.98 Å². The lowest BCUT2D eigenvalue weighted by Crippen LogP contribution is -2.19. The van der Waals surface area contributed by atoms with Gasteiger partial charge in [-0.3, -0.25) is 0 Å². The second-order valence-electron chi connectivity index (χ2n) is 4.12. The highest BCUT2D eigenvalue weighted by atomic mass is 15.1. The van der Waals surface area contributed by atoms with Crippen molar-refractivity contribution in [2.24, 2.45) is 5.92 Å². The first-order valence-corrected chi connectivity index (χ1v) is 5.20. The summed E-state index contributed by atoms with van der Waals surface area (Å²) in [6.07, 6.45) is 2.91. The number of pyridine rings is 1. The van der Waals surface area contributed by atoms with E-state index in [1.54, 1.807) is 12.3 Å². The van der Waals surface area contributed by atoms with Gasteiger partial charge in [-0.2, -0.15) is 5.26 Å². The number of anilines is 1. The van der Waals surface area contributed by atoms with Gasteiger partial charge in [-0.15, -0.1) is 0 Å². The molecule has 0 atom stereocenters. The monoisotopic (exact) mass is 203 g/mol. The van der Waals surface area contributed by atoms with Gasteiger partial charge in [0.15, 0.2) is 0 Å². The van der Waals surface area contributed by atoms with Crippen molar-refractivity contribution in [3.8, 4) is 6.07 Å². The molecule has 0 saturated carbocycles. The highest BCUT2D eigenvalue weighted by Crippen LogP contribution is 2.12. The molecule has 1 aromatic heterocycles. The SMILES string of the molecule is CC(C)CCN(C)c1ccc(C#N)nc1. The van der Waals surface area contributed by atoms with Gasteiger partial charge in [-0.25, -0.2) is 4.98 Å². The highest BCUT2D eigenvalue weighted by Gasteiger charge is 2.02. The van der Waals surface area contributed by atoms with Crippen LogP contribution in [0, 0.1) is 17.2 Å². The molecule has 0 amide bonds. The largest absolute Gasteiger partial charge is 0.373 e. The molecule has 1 aromatic rings. The van der Waals surface area contributed by atoms with Crippen LogP contribution in [0.1, 0.15) is 26.0 Å². The molecule has 0 aliphatic rings. The molecule has 0 aromatic carbocycles. The fourth-order valence-corrected chi connectivity index (χ4v) is 1.26. The minimum atomic E-state index is 0.469. The fraction of sp³-hybridized carbons (Fsp3) is 0.500. The molecular formula is C12H17N3. The zero-order chi connectivity index (χ0) is 11.3. The van der Waals surface area contributed by atoms with Crippen molar-refractivity contribution in [1.29, 1.82) is 5.26 Å². The molecule has 0 saturated heterocycles. The Labute approximate surface area is 91.4 Å². The molecule has 3 heteroatoms. The second-order valence-corrected chi connectivity index (χ2v) is 4.12. The molecule has 80 valence electrons. The smallest absolute Gasteiger partial charge is 0.140 e. The summed E-state index contributed by atoms with van der Waals surface area (Å²) in [5, 5.41) is 8.62. The Bertz CT molecular complexity index is 335. The Morgan fingerprint density at radius 3 is 2.67 bits per heavy atom. The number of hydrogen-bond acceptors (Lipinski definition) is 3. The van der Waals surface area contributed by atoms with Gasteiger partial charge in [-0.1, -0.05) is 13.8 Å². The van der Waals surface area contributed by atoms with E-state index in [1.807, 2.05) is 19.2 Å². The van der Waals surface area contributed by atoms with E-state index in [0.29, 0.717) is 11.6 Å².